The van der Waals surface area contributed by atoms with E-state index in [0.29, 0.717) is 19.6 Å². The number of nitrogens with two attached hydrogens (primary N) is 1. The number of primary amides is 1. The van der Waals surface area contributed by atoms with E-state index in [0.717, 1.165) is 12.8 Å². The van der Waals surface area contributed by atoms with Gasteiger partial charge in [0.05, 0.1) is 0 Å². The fourth-order valence-electron chi connectivity index (χ4n) is 3.76. The Kier molecular flexibility index (Phi) is 5.17. The van der Waals surface area contributed by atoms with Crippen molar-refractivity contribution >= 4 is 11.9 Å². The summed E-state index contributed by atoms with van der Waals surface area (Å²) in [6.45, 7) is 10.2. The molecular formula is C18H29N3O2. The number of hydrogen-bond acceptors (Lipinski definition) is 2. The van der Waals surface area contributed by atoms with Gasteiger partial charge in [0.25, 0.3) is 0 Å². The molecule has 128 valence electrons. The molecule has 5 nitrogen and oxygen atoms in total. The third kappa shape index (κ3) is 3.95. The van der Waals surface area contributed by atoms with E-state index in [1.807, 2.05) is 13.0 Å². The first kappa shape index (κ1) is 17.6. The molecule has 1 aliphatic heterocycles. The zero-order chi connectivity index (χ0) is 17.2. The molecule has 3 amide bonds. The number of piperazine rings is 1. The third-order valence-corrected chi connectivity index (χ3v) is 5.16. The van der Waals surface area contributed by atoms with Crippen LogP contribution in [0.2, 0.25) is 0 Å². The van der Waals surface area contributed by atoms with E-state index in [9.17, 15) is 9.59 Å². The first-order valence-electron chi connectivity index (χ1n) is 8.45. The van der Waals surface area contributed by atoms with Gasteiger partial charge in [0, 0.05) is 31.8 Å². The van der Waals surface area contributed by atoms with Crippen molar-refractivity contribution in [2.45, 2.75) is 53.0 Å². The van der Waals surface area contributed by atoms with Crippen LogP contribution >= 0.6 is 0 Å². The van der Waals surface area contributed by atoms with E-state index in [-0.39, 0.29) is 17.4 Å². The second-order valence-electron chi connectivity index (χ2n) is 7.43. The predicted octanol–water partition coefficient (Wildman–Crippen LogP) is 2.68. The van der Waals surface area contributed by atoms with Crippen molar-refractivity contribution in [2.24, 2.45) is 11.1 Å². The highest BCUT2D eigenvalue weighted by atomic mass is 16.2. The minimum absolute atomic E-state index is 0.0163. The number of hydrogen-bond donors (Lipinski definition) is 1. The first-order valence-corrected chi connectivity index (χ1v) is 8.45. The molecule has 0 aromatic rings. The standard InChI is InChI=1S/C18H29N3O2/c1-13-6-5-9-18(3,4)15(13)7-8-16(22)20-10-11-21(17(19)23)14(2)12-20/h7-8,14H,5-6,9-12H2,1-4H3,(H2,19,23)/t14-/m0/s1. The second kappa shape index (κ2) is 6.77. The van der Waals surface area contributed by atoms with Crippen molar-refractivity contribution in [3.8, 4) is 0 Å². The smallest absolute Gasteiger partial charge is 0.315 e. The van der Waals surface area contributed by atoms with Crippen molar-refractivity contribution in [3.05, 3.63) is 23.3 Å². The first-order chi connectivity index (χ1) is 10.7. The number of allylic oxidation sites excluding steroid dienone is 3. The summed E-state index contributed by atoms with van der Waals surface area (Å²) in [5.74, 6) is 0.0163. The summed E-state index contributed by atoms with van der Waals surface area (Å²) < 4.78 is 0. The topological polar surface area (TPSA) is 66.6 Å². The molecule has 2 aliphatic rings. The highest BCUT2D eigenvalue weighted by Crippen LogP contribution is 2.40. The Bertz CT molecular complexity index is 548. The van der Waals surface area contributed by atoms with Gasteiger partial charge >= 0.3 is 6.03 Å². The van der Waals surface area contributed by atoms with Gasteiger partial charge in [-0.15, -0.1) is 0 Å². The summed E-state index contributed by atoms with van der Waals surface area (Å²) in [4.78, 5) is 27.2. The minimum Gasteiger partial charge on any atom is -0.351 e. The number of carbonyl (C=O) groups is 2. The van der Waals surface area contributed by atoms with Crippen molar-refractivity contribution < 1.29 is 9.59 Å². The second-order valence-corrected chi connectivity index (χ2v) is 7.43. The maximum atomic E-state index is 12.5. The predicted molar refractivity (Wildman–Crippen MR) is 91.8 cm³/mol. The van der Waals surface area contributed by atoms with Crippen molar-refractivity contribution in [1.29, 1.82) is 0 Å². The third-order valence-electron chi connectivity index (χ3n) is 5.16. The van der Waals surface area contributed by atoms with Crippen LogP contribution < -0.4 is 5.73 Å². The van der Waals surface area contributed by atoms with Crippen LogP contribution in [0.15, 0.2) is 23.3 Å². The molecule has 0 bridgehead atoms. The monoisotopic (exact) mass is 319 g/mol. The molecule has 1 saturated heterocycles. The lowest BCUT2D eigenvalue weighted by atomic mass is 9.72. The van der Waals surface area contributed by atoms with E-state index in [1.165, 1.54) is 17.6 Å². The van der Waals surface area contributed by atoms with Crippen molar-refractivity contribution in [3.63, 3.8) is 0 Å². The van der Waals surface area contributed by atoms with Crippen molar-refractivity contribution in [1.82, 2.24) is 9.80 Å². The fraction of sp³-hybridized carbons (Fsp3) is 0.667. The lowest BCUT2D eigenvalue weighted by Crippen LogP contribution is -2.56. The SMILES string of the molecule is CC1=C(C=CC(=O)N2CCN(C(N)=O)[C@@H](C)C2)C(C)(C)CCC1. The van der Waals surface area contributed by atoms with Gasteiger partial charge in [0.15, 0.2) is 0 Å². The molecular weight excluding hydrogens is 290 g/mol. The number of urea groups is 1. The van der Waals surface area contributed by atoms with Crippen LogP contribution in [0.5, 0.6) is 0 Å². The molecule has 0 aromatic heterocycles. The molecule has 0 spiro atoms. The molecule has 1 fully saturated rings. The molecule has 1 heterocycles. The maximum absolute atomic E-state index is 12.5. The molecule has 0 saturated carbocycles. The van der Waals surface area contributed by atoms with Gasteiger partial charge in [-0.05, 0) is 44.1 Å². The van der Waals surface area contributed by atoms with Crippen molar-refractivity contribution in [2.75, 3.05) is 19.6 Å². The van der Waals surface area contributed by atoms with Crippen LogP contribution in [0.3, 0.4) is 0 Å². The van der Waals surface area contributed by atoms with Crippen LogP contribution in [-0.4, -0.2) is 47.4 Å². The van der Waals surface area contributed by atoms with Gasteiger partial charge in [-0.1, -0.05) is 25.5 Å². The highest BCUT2D eigenvalue weighted by molar-refractivity contribution is 5.88. The largest absolute Gasteiger partial charge is 0.351 e. The maximum Gasteiger partial charge on any atom is 0.315 e. The molecule has 23 heavy (non-hydrogen) atoms. The number of rotatable bonds is 2. The highest BCUT2D eigenvalue weighted by Gasteiger charge is 2.29. The van der Waals surface area contributed by atoms with Gasteiger partial charge < -0.3 is 15.5 Å². The van der Waals surface area contributed by atoms with Gasteiger partial charge in [-0.25, -0.2) is 4.79 Å². The van der Waals surface area contributed by atoms with Crippen LogP contribution in [0, 0.1) is 5.41 Å². The summed E-state index contributed by atoms with van der Waals surface area (Å²) in [5, 5.41) is 0. The normalized spacial score (nSPS) is 25.1. The lowest BCUT2D eigenvalue weighted by molar-refractivity contribution is -0.128. The van der Waals surface area contributed by atoms with E-state index in [1.54, 1.807) is 15.9 Å². The fourth-order valence-corrected chi connectivity index (χ4v) is 3.76. The number of amides is 3. The van der Waals surface area contributed by atoms with Crippen LogP contribution in [0.25, 0.3) is 0 Å². The summed E-state index contributed by atoms with van der Waals surface area (Å²) in [6.07, 6.45) is 7.19. The average Bonchev–Trinajstić information content (AvgIpc) is 2.45. The Morgan fingerprint density at radius 1 is 1.30 bits per heavy atom. The Balaban J connectivity index is 2.04. The van der Waals surface area contributed by atoms with Gasteiger partial charge in [-0.3, -0.25) is 4.79 Å². The number of carbonyl (C=O) groups excluding carboxylic acids is 2. The zero-order valence-corrected chi connectivity index (χ0v) is 14.8. The molecule has 2 rings (SSSR count). The van der Waals surface area contributed by atoms with E-state index >= 15 is 0 Å². The molecule has 5 heteroatoms. The van der Waals surface area contributed by atoms with Gasteiger partial charge in [0.2, 0.25) is 5.91 Å². The summed E-state index contributed by atoms with van der Waals surface area (Å²) in [7, 11) is 0. The van der Waals surface area contributed by atoms with E-state index < -0.39 is 6.03 Å². The molecule has 0 aromatic carbocycles. The Morgan fingerprint density at radius 3 is 2.57 bits per heavy atom. The summed E-state index contributed by atoms with van der Waals surface area (Å²) in [6, 6.07) is -0.449. The quantitative estimate of drug-likeness (QED) is 0.795. The lowest BCUT2D eigenvalue weighted by Gasteiger charge is -2.38. The molecule has 0 unspecified atom stereocenters. The summed E-state index contributed by atoms with van der Waals surface area (Å²) in [5.41, 5.74) is 8.16. The van der Waals surface area contributed by atoms with E-state index in [4.69, 9.17) is 5.73 Å². The van der Waals surface area contributed by atoms with Gasteiger partial charge in [0.1, 0.15) is 0 Å². The minimum atomic E-state index is -0.412. The van der Waals surface area contributed by atoms with Crippen LogP contribution in [0.4, 0.5) is 4.79 Å². The Labute approximate surface area is 139 Å². The zero-order valence-electron chi connectivity index (χ0n) is 14.8. The average molecular weight is 319 g/mol. The summed E-state index contributed by atoms with van der Waals surface area (Å²) >= 11 is 0. The van der Waals surface area contributed by atoms with Crippen LogP contribution in [-0.2, 0) is 4.79 Å². The molecule has 1 atom stereocenters. The van der Waals surface area contributed by atoms with Crippen LogP contribution in [0.1, 0.15) is 47.0 Å². The Hall–Kier alpha value is -1.78. The molecule has 1 aliphatic carbocycles. The van der Waals surface area contributed by atoms with E-state index in [2.05, 4.69) is 20.8 Å². The Morgan fingerprint density at radius 2 is 2.00 bits per heavy atom. The number of nitrogens with zero attached hydrogens (tertiary/aromatic N) is 2. The molecule has 0 radical (unpaired) electrons. The molecule has 2 N–H and O–H groups in total. The van der Waals surface area contributed by atoms with Gasteiger partial charge in [-0.2, -0.15) is 0 Å².